The Labute approximate surface area is 264 Å². The van der Waals surface area contributed by atoms with E-state index < -0.39 is 0 Å². The van der Waals surface area contributed by atoms with Gasteiger partial charge < -0.3 is 9.47 Å². The van der Waals surface area contributed by atoms with Crippen molar-refractivity contribution < 1.29 is 9.47 Å². The normalized spacial score (nSPS) is 18.8. The number of rotatable bonds is 7. The lowest BCUT2D eigenvalue weighted by molar-refractivity contribution is 0.0814. The molecular formula is C30H36Cl4N4O3. The highest BCUT2D eigenvalue weighted by molar-refractivity contribution is 6.30. The first-order chi connectivity index (χ1) is 18.6. The lowest BCUT2D eigenvalue weighted by Crippen LogP contribution is -2.50. The molecule has 3 aliphatic rings. The van der Waals surface area contributed by atoms with E-state index in [0.717, 1.165) is 70.2 Å². The van der Waals surface area contributed by atoms with Crippen molar-refractivity contribution in [1.82, 2.24) is 19.4 Å². The summed E-state index contributed by atoms with van der Waals surface area (Å²) < 4.78 is 13.1. The Morgan fingerprint density at radius 1 is 1.00 bits per heavy atom. The first kappa shape index (κ1) is 33.4. The molecule has 0 radical (unpaired) electrons. The number of hydrogen-bond acceptors (Lipinski definition) is 6. The number of piperazine rings is 1. The predicted molar refractivity (Wildman–Crippen MR) is 171 cm³/mol. The molecule has 2 aromatic heterocycles. The number of pyridine rings is 2. The summed E-state index contributed by atoms with van der Waals surface area (Å²) in [5.41, 5.74) is 5.59. The van der Waals surface area contributed by atoms with Crippen LogP contribution in [-0.2, 0) is 24.3 Å². The molecule has 0 unspecified atom stereocenters. The van der Waals surface area contributed by atoms with E-state index in [4.69, 9.17) is 21.1 Å². The summed E-state index contributed by atoms with van der Waals surface area (Å²) in [5.74, 6) is 0.530. The number of aromatic nitrogens is 2. The van der Waals surface area contributed by atoms with Crippen LogP contribution in [0.4, 0.5) is 0 Å². The van der Waals surface area contributed by atoms with Crippen LogP contribution in [0.25, 0.3) is 11.8 Å². The predicted octanol–water partition coefficient (Wildman–Crippen LogP) is 5.59. The second-order valence-electron chi connectivity index (χ2n) is 10.3. The van der Waals surface area contributed by atoms with Crippen molar-refractivity contribution >= 4 is 60.6 Å². The summed E-state index contributed by atoms with van der Waals surface area (Å²) >= 11 is 5.88. The maximum Gasteiger partial charge on any atom is 0.258 e. The number of fused-ring (bicyclic) bond motifs is 1. The molecule has 0 spiro atoms. The Hall–Kier alpha value is -2.10. The Kier molecular flexibility index (Phi) is 12.5. The molecular weight excluding hydrogens is 606 g/mol. The number of allylic oxidation sites excluding steroid dienone is 1. The monoisotopic (exact) mass is 640 g/mol. The first-order valence-electron chi connectivity index (χ1n) is 13.4. The number of hydrogen-bond donors (Lipinski definition) is 0. The number of halogens is 4. The number of aryl methyl sites for hydroxylation is 1. The molecule has 2 fully saturated rings. The van der Waals surface area contributed by atoms with E-state index >= 15 is 0 Å². The molecule has 1 aromatic carbocycles. The quantitative estimate of drug-likeness (QED) is 0.335. The van der Waals surface area contributed by atoms with Gasteiger partial charge in [0.2, 0.25) is 0 Å². The van der Waals surface area contributed by atoms with Crippen molar-refractivity contribution in [1.29, 1.82) is 0 Å². The van der Waals surface area contributed by atoms with Gasteiger partial charge in [-0.05, 0) is 60.2 Å². The highest BCUT2D eigenvalue weighted by Crippen LogP contribution is 2.28. The van der Waals surface area contributed by atoms with E-state index in [9.17, 15) is 4.79 Å². The molecule has 7 nitrogen and oxygen atoms in total. The van der Waals surface area contributed by atoms with E-state index in [2.05, 4.69) is 39.1 Å². The third-order valence-electron chi connectivity index (χ3n) is 7.79. The molecule has 1 atom stereocenters. The molecule has 0 N–H and O–H groups in total. The Bertz CT molecular complexity index is 1370. The van der Waals surface area contributed by atoms with Gasteiger partial charge in [-0.2, -0.15) is 0 Å². The summed E-state index contributed by atoms with van der Waals surface area (Å²) in [7, 11) is 0. The maximum absolute atomic E-state index is 12.9. The van der Waals surface area contributed by atoms with Gasteiger partial charge in [0.1, 0.15) is 12.4 Å². The smallest absolute Gasteiger partial charge is 0.258 e. The zero-order valence-electron chi connectivity index (χ0n) is 22.7. The van der Waals surface area contributed by atoms with Gasteiger partial charge in [-0.25, -0.2) is 0 Å². The lowest BCUT2D eigenvalue weighted by Gasteiger charge is -2.37. The second kappa shape index (κ2) is 15.4. The van der Waals surface area contributed by atoms with E-state index in [1.807, 2.05) is 12.1 Å². The summed E-state index contributed by atoms with van der Waals surface area (Å²) in [6.07, 6.45) is 8.46. The van der Waals surface area contributed by atoms with Crippen LogP contribution in [0, 0.1) is 0 Å². The standard InChI is InChI=1S/C30H33ClN4O3.3ClH/c31-25-4-5-26(32-18-25)20-38-29-7-9-35(30(36)17-29)27-6-3-23-15-22(1-2-24(23)16-27)19-33-10-12-34(13-11-33)28-8-14-37-21-28;;;/h1-2,4-5,7,9,15-18,28H,3,6,8,10-14,19-21H2;3*1H/t28-;;;/m0.../s1. The first-order valence-corrected chi connectivity index (χ1v) is 13.8. The molecule has 222 valence electrons. The molecule has 2 aliphatic heterocycles. The molecule has 6 rings (SSSR count). The van der Waals surface area contributed by atoms with Gasteiger partial charge in [0.15, 0.2) is 0 Å². The fraction of sp³-hybridized carbons (Fsp3) is 0.400. The van der Waals surface area contributed by atoms with Gasteiger partial charge in [0, 0.05) is 69.5 Å². The van der Waals surface area contributed by atoms with Crippen LogP contribution in [0.2, 0.25) is 5.02 Å². The Morgan fingerprint density at radius 3 is 2.54 bits per heavy atom. The van der Waals surface area contributed by atoms with Crippen molar-refractivity contribution in [3.8, 4) is 5.75 Å². The third-order valence-corrected chi connectivity index (χ3v) is 8.01. The summed E-state index contributed by atoms with van der Waals surface area (Å²) in [6, 6.07) is 14.4. The second-order valence-corrected chi connectivity index (χ2v) is 10.8. The van der Waals surface area contributed by atoms with Crippen LogP contribution in [0.5, 0.6) is 5.75 Å². The molecule has 11 heteroatoms. The highest BCUT2D eigenvalue weighted by atomic mass is 35.5. The number of nitrogens with zero attached hydrogens (tertiary/aromatic N) is 4. The SMILES string of the molecule is Cl.Cl.Cl.O=c1cc(OCc2ccc(Cl)cn2)ccn1C1=Cc2ccc(CN3CCN([C@H]4CCOC4)CC3)cc2CC1. The van der Waals surface area contributed by atoms with Crippen LogP contribution < -0.4 is 10.3 Å². The van der Waals surface area contributed by atoms with Gasteiger partial charge in [-0.3, -0.25) is 24.1 Å². The molecule has 4 heterocycles. The third kappa shape index (κ3) is 8.26. The summed E-state index contributed by atoms with van der Waals surface area (Å²) in [6.45, 7) is 7.55. The molecule has 0 amide bonds. The van der Waals surface area contributed by atoms with Crippen molar-refractivity contribution in [2.24, 2.45) is 0 Å². The average molecular weight is 642 g/mol. The zero-order valence-corrected chi connectivity index (χ0v) is 26.0. The minimum atomic E-state index is -0.0961. The zero-order chi connectivity index (χ0) is 25.9. The van der Waals surface area contributed by atoms with Crippen LogP contribution in [0.1, 0.15) is 35.2 Å². The van der Waals surface area contributed by atoms with Gasteiger partial charge >= 0.3 is 0 Å². The van der Waals surface area contributed by atoms with E-state index in [-0.39, 0.29) is 49.4 Å². The maximum atomic E-state index is 12.9. The topological polar surface area (TPSA) is 59.8 Å². The van der Waals surface area contributed by atoms with Crippen LogP contribution in [-0.4, -0.2) is 64.8 Å². The van der Waals surface area contributed by atoms with Gasteiger partial charge in [-0.1, -0.05) is 29.8 Å². The molecule has 1 aliphatic carbocycles. The van der Waals surface area contributed by atoms with E-state index in [1.54, 1.807) is 23.0 Å². The van der Waals surface area contributed by atoms with Crippen molar-refractivity contribution in [3.05, 3.63) is 92.6 Å². The van der Waals surface area contributed by atoms with Crippen molar-refractivity contribution in [2.45, 2.75) is 38.5 Å². The molecule has 0 bridgehead atoms. The largest absolute Gasteiger partial charge is 0.487 e. The van der Waals surface area contributed by atoms with Crippen molar-refractivity contribution in [2.75, 3.05) is 39.4 Å². The molecule has 2 saturated heterocycles. The van der Waals surface area contributed by atoms with Crippen LogP contribution in [0.15, 0.2) is 59.7 Å². The van der Waals surface area contributed by atoms with Gasteiger partial charge in [0.25, 0.3) is 5.56 Å². The summed E-state index contributed by atoms with van der Waals surface area (Å²) in [5, 5.41) is 0.582. The molecule has 3 aromatic rings. The minimum Gasteiger partial charge on any atom is -0.487 e. The highest BCUT2D eigenvalue weighted by Gasteiger charge is 2.26. The fourth-order valence-electron chi connectivity index (χ4n) is 5.61. The average Bonchev–Trinajstić information content (AvgIpc) is 3.48. The van der Waals surface area contributed by atoms with E-state index in [0.29, 0.717) is 16.8 Å². The van der Waals surface area contributed by atoms with Crippen molar-refractivity contribution in [3.63, 3.8) is 0 Å². The number of benzene rings is 1. The van der Waals surface area contributed by atoms with Crippen LogP contribution >= 0.6 is 48.8 Å². The Morgan fingerprint density at radius 2 is 1.83 bits per heavy atom. The van der Waals surface area contributed by atoms with Crippen LogP contribution in [0.3, 0.4) is 0 Å². The number of ether oxygens (including phenoxy) is 2. The minimum absolute atomic E-state index is 0. The molecule has 41 heavy (non-hydrogen) atoms. The molecule has 0 saturated carbocycles. The fourth-order valence-corrected chi connectivity index (χ4v) is 5.72. The van der Waals surface area contributed by atoms with Gasteiger partial charge in [0.05, 0.1) is 17.3 Å². The van der Waals surface area contributed by atoms with E-state index in [1.165, 1.54) is 29.2 Å². The summed E-state index contributed by atoms with van der Waals surface area (Å²) in [4.78, 5) is 22.3. The Balaban J connectivity index is 0.00000154. The van der Waals surface area contributed by atoms with Gasteiger partial charge in [-0.15, -0.1) is 37.2 Å². The lowest BCUT2D eigenvalue weighted by atomic mass is 9.93.